The van der Waals surface area contributed by atoms with Gasteiger partial charge in [0.05, 0.1) is 44.3 Å². The molecule has 1 atom stereocenters. The number of ketones is 2. The number of hydrogen-bond acceptors (Lipinski definition) is 9. The van der Waals surface area contributed by atoms with Crippen LogP contribution >= 0.6 is 0 Å². The second-order valence-electron chi connectivity index (χ2n) is 14.0. The van der Waals surface area contributed by atoms with E-state index in [-0.39, 0.29) is 42.1 Å². The summed E-state index contributed by atoms with van der Waals surface area (Å²) >= 11 is 0. The Bertz CT molecular complexity index is 2010. The van der Waals surface area contributed by atoms with Gasteiger partial charge >= 0.3 is 0 Å². The smallest absolute Gasteiger partial charge is 0.255 e. The third-order valence-electron chi connectivity index (χ3n) is 10.5. The van der Waals surface area contributed by atoms with Crippen LogP contribution in [0.25, 0.3) is 11.3 Å². The van der Waals surface area contributed by atoms with Crippen molar-refractivity contribution in [2.75, 3.05) is 34.4 Å². The number of benzene rings is 2. The number of hydrogen-bond donors (Lipinski definition) is 2. The van der Waals surface area contributed by atoms with Crippen molar-refractivity contribution in [2.45, 2.75) is 70.4 Å². The van der Waals surface area contributed by atoms with Crippen LogP contribution in [0.4, 0.5) is 0 Å². The molecule has 1 unspecified atom stereocenters. The molecule has 13 nitrogen and oxygen atoms in total. The maximum atomic E-state index is 13.1. The molecule has 3 amide bonds. The molecule has 2 N–H and O–H groups in total. The lowest BCUT2D eigenvalue weighted by Gasteiger charge is -2.29. The van der Waals surface area contributed by atoms with Crippen LogP contribution in [0.3, 0.4) is 0 Å². The van der Waals surface area contributed by atoms with Crippen LogP contribution in [0.5, 0.6) is 11.5 Å². The van der Waals surface area contributed by atoms with E-state index >= 15 is 0 Å². The molecule has 3 aromatic rings. The molecule has 284 valence electrons. The number of aromatic nitrogens is 2. The van der Waals surface area contributed by atoms with Crippen molar-refractivity contribution in [2.24, 2.45) is 7.05 Å². The molecular weight excluding hydrogens is 688 g/mol. The van der Waals surface area contributed by atoms with Crippen LogP contribution < -0.4 is 20.1 Å². The lowest BCUT2D eigenvalue weighted by atomic mass is 9.92. The van der Waals surface area contributed by atoms with E-state index in [0.29, 0.717) is 81.6 Å². The molecule has 13 heteroatoms. The highest BCUT2D eigenvalue weighted by atomic mass is 16.5. The first-order valence-electron chi connectivity index (χ1n) is 18.4. The molecule has 1 fully saturated rings. The summed E-state index contributed by atoms with van der Waals surface area (Å²) in [6.45, 7) is 5.37. The number of rotatable bonds is 15. The zero-order chi connectivity index (χ0) is 38.5. The van der Waals surface area contributed by atoms with E-state index in [4.69, 9.17) is 9.47 Å². The van der Waals surface area contributed by atoms with Crippen molar-refractivity contribution in [3.05, 3.63) is 88.4 Å². The monoisotopic (exact) mass is 736 g/mol. The van der Waals surface area contributed by atoms with Crippen LogP contribution in [-0.4, -0.2) is 89.3 Å². The summed E-state index contributed by atoms with van der Waals surface area (Å²) in [5.74, 6) is 0.697. The number of carbonyl (C=O) groups is 5. The van der Waals surface area contributed by atoms with Gasteiger partial charge in [-0.15, -0.1) is 0 Å². The van der Waals surface area contributed by atoms with Gasteiger partial charge in [0.15, 0.2) is 5.78 Å². The number of carbonyl (C=O) groups excluding carboxylic acids is 5. The maximum absolute atomic E-state index is 13.1. The molecule has 6 rings (SSSR count). The van der Waals surface area contributed by atoms with Crippen molar-refractivity contribution in [3.8, 4) is 11.5 Å². The summed E-state index contributed by atoms with van der Waals surface area (Å²) in [5, 5.41) is 10.3. The molecular formula is C41H48N6O7. The van der Waals surface area contributed by atoms with Gasteiger partial charge in [0.2, 0.25) is 11.8 Å². The molecule has 1 saturated carbocycles. The summed E-state index contributed by atoms with van der Waals surface area (Å²) in [5.41, 5.74) is 7.88. The number of nitrogens with zero attached hydrogens (tertiary/aromatic N) is 4. The van der Waals surface area contributed by atoms with E-state index in [1.54, 1.807) is 31.3 Å². The normalized spacial score (nSPS) is 16.6. The molecule has 1 aliphatic carbocycles. The summed E-state index contributed by atoms with van der Waals surface area (Å²) in [6.07, 6.45) is 7.20. The van der Waals surface area contributed by atoms with Crippen LogP contribution in [-0.2, 0) is 45.6 Å². The number of amides is 3. The highest BCUT2D eigenvalue weighted by Crippen LogP contribution is 2.40. The lowest BCUT2D eigenvalue weighted by Crippen LogP contribution is -2.44. The molecule has 0 radical (unpaired) electrons. The Morgan fingerprint density at radius 2 is 1.65 bits per heavy atom. The number of methoxy groups -OCH3 is 2. The van der Waals surface area contributed by atoms with Gasteiger partial charge in [-0.3, -0.25) is 28.7 Å². The van der Waals surface area contributed by atoms with Crippen LogP contribution in [0, 0.1) is 0 Å². The molecule has 0 bridgehead atoms. The minimum absolute atomic E-state index is 0.0707. The first-order valence-corrected chi connectivity index (χ1v) is 18.4. The average Bonchev–Trinajstić information content (AvgIpc) is 3.71. The van der Waals surface area contributed by atoms with Gasteiger partial charge in [-0.25, -0.2) is 0 Å². The minimum atomic E-state index is -0.574. The van der Waals surface area contributed by atoms with Crippen molar-refractivity contribution < 1.29 is 33.4 Å². The van der Waals surface area contributed by atoms with Crippen LogP contribution in [0.15, 0.2) is 49.3 Å². The van der Waals surface area contributed by atoms with E-state index in [9.17, 15) is 24.0 Å². The van der Waals surface area contributed by atoms with Gasteiger partial charge in [0, 0.05) is 81.5 Å². The maximum Gasteiger partial charge on any atom is 0.255 e. The van der Waals surface area contributed by atoms with Crippen molar-refractivity contribution in [1.29, 1.82) is 0 Å². The third kappa shape index (κ3) is 7.95. The Kier molecular flexibility index (Phi) is 11.6. The fourth-order valence-electron chi connectivity index (χ4n) is 7.59. The molecule has 3 aliphatic rings. The first-order chi connectivity index (χ1) is 26.0. The first kappa shape index (κ1) is 38.0. The number of Topliss-reactive ketones (excluding diaryl/α,β-unsaturated/α-hetero) is 2. The van der Waals surface area contributed by atoms with Crippen LogP contribution in [0.2, 0.25) is 0 Å². The van der Waals surface area contributed by atoms with Gasteiger partial charge < -0.3 is 29.9 Å². The molecule has 2 aromatic carbocycles. The van der Waals surface area contributed by atoms with Crippen molar-refractivity contribution >= 4 is 40.6 Å². The van der Waals surface area contributed by atoms with E-state index in [0.717, 1.165) is 44.8 Å². The van der Waals surface area contributed by atoms with E-state index in [2.05, 4.69) is 22.3 Å². The second kappa shape index (κ2) is 16.5. The summed E-state index contributed by atoms with van der Waals surface area (Å²) in [4.78, 5) is 66.2. The van der Waals surface area contributed by atoms with Gasteiger partial charge in [-0.1, -0.05) is 18.7 Å². The molecule has 3 heterocycles. The predicted molar refractivity (Wildman–Crippen MR) is 202 cm³/mol. The molecule has 54 heavy (non-hydrogen) atoms. The topological polar surface area (TPSA) is 152 Å². The Morgan fingerprint density at radius 1 is 0.944 bits per heavy atom. The molecule has 2 aliphatic heterocycles. The fourth-order valence-corrected chi connectivity index (χ4v) is 7.59. The third-order valence-corrected chi connectivity index (χ3v) is 10.5. The Labute approximate surface area is 315 Å². The fraction of sp³-hybridized carbons (Fsp3) is 0.415. The van der Waals surface area contributed by atoms with Gasteiger partial charge in [-0.05, 0) is 67.0 Å². The Balaban J connectivity index is 0.926. The van der Waals surface area contributed by atoms with Crippen LogP contribution in [0.1, 0.15) is 88.8 Å². The predicted octanol–water partition coefficient (Wildman–Crippen LogP) is 3.97. The lowest BCUT2D eigenvalue weighted by molar-refractivity contribution is -0.133. The second-order valence-corrected chi connectivity index (χ2v) is 14.0. The highest BCUT2D eigenvalue weighted by Gasteiger charge is 2.39. The number of nitrogens with one attached hydrogen (secondary N) is 2. The van der Waals surface area contributed by atoms with Gasteiger partial charge in [-0.2, -0.15) is 5.10 Å². The molecule has 1 aromatic heterocycles. The number of aryl methyl sites for hydroxylation is 2. The zero-order valence-corrected chi connectivity index (χ0v) is 31.5. The number of ether oxygens (including phenoxy) is 2. The summed E-state index contributed by atoms with van der Waals surface area (Å²) in [7, 11) is 7.11. The average molecular weight is 737 g/mol. The zero-order valence-electron chi connectivity index (χ0n) is 31.5. The Morgan fingerprint density at radius 3 is 2.33 bits per heavy atom. The minimum Gasteiger partial charge on any atom is -0.496 e. The largest absolute Gasteiger partial charge is 0.496 e. The number of fused-ring (bicyclic) bond motifs is 2. The van der Waals surface area contributed by atoms with Gasteiger partial charge in [0.1, 0.15) is 17.3 Å². The Hall–Kier alpha value is -5.72. The molecule has 0 spiro atoms. The SMILES string of the molecule is C=C1c2c(cnn2C)C(c2cc(OC)c(CCCC(=O)NCCCNC(=O)CCc3cccc4c3CN(C3CCC(=O)CC3=O)C4=O)c(OC)c2)=CN1C. The molecule has 0 saturated heterocycles. The summed E-state index contributed by atoms with van der Waals surface area (Å²) in [6, 6.07) is 8.87. The van der Waals surface area contributed by atoms with E-state index in [1.165, 1.54) is 0 Å². The van der Waals surface area contributed by atoms with Crippen molar-refractivity contribution in [3.63, 3.8) is 0 Å². The van der Waals surface area contributed by atoms with E-state index in [1.807, 2.05) is 54.3 Å². The standard InChI is InChI=1S/C41H48N6O7/c1-25-40-31(22-44-46(40)3)32(23-45(25)2)27-19-36(53-4)30(37(20-27)54-5)11-7-12-38(50)42-17-8-18-43-39(51)16-13-26-9-6-10-29-33(26)24-47(41(29)52)34-15-14-28(48)21-35(34)49/h6,9-10,19-20,22-23,34H,1,7-8,11-18,21,24H2,2-5H3,(H,42,50)(H,43,51). The summed E-state index contributed by atoms with van der Waals surface area (Å²) < 4.78 is 13.4. The van der Waals surface area contributed by atoms with Crippen molar-refractivity contribution in [1.82, 2.24) is 30.2 Å². The quantitative estimate of drug-likeness (QED) is 0.175. The van der Waals surface area contributed by atoms with Gasteiger partial charge in [0.25, 0.3) is 5.91 Å². The van der Waals surface area contributed by atoms with E-state index < -0.39 is 6.04 Å². The highest BCUT2D eigenvalue weighted by molar-refractivity contribution is 6.07.